The lowest BCUT2D eigenvalue weighted by atomic mass is 10.4. The third-order valence-corrected chi connectivity index (χ3v) is 0.651. The van der Waals surface area contributed by atoms with Gasteiger partial charge in [-0.25, -0.2) is 0 Å². The molecule has 0 saturated carbocycles. The normalized spacial score (nSPS) is 13.6. The van der Waals surface area contributed by atoms with E-state index < -0.39 is 25.6 Å². The molecule has 1 nitrogen and oxygen atoms in total. The molecule has 0 aromatic carbocycles. The second-order valence-corrected chi connectivity index (χ2v) is 1.66. The van der Waals surface area contributed by atoms with Crippen molar-refractivity contribution in [2.24, 2.45) is 0 Å². The molecular weight excluding hydrogens is 178 g/mol. The molecule has 0 aliphatic carbocycles. The first-order valence-electron chi connectivity index (χ1n) is 2.48. The lowest BCUT2D eigenvalue weighted by Crippen LogP contribution is -2.18. The maximum absolute atomic E-state index is 11.2. The van der Waals surface area contributed by atoms with Crippen LogP contribution in [0.25, 0.3) is 0 Å². The number of rotatable bonds is 2. The number of halogens is 6. The van der Waals surface area contributed by atoms with Gasteiger partial charge in [-0.2, -0.15) is 13.2 Å². The summed E-state index contributed by atoms with van der Waals surface area (Å²) in [5, 5.41) is 0. The predicted octanol–water partition coefficient (Wildman–Crippen LogP) is 2.48. The summed E-state index contributed by atoms with van der Waals surface area (Å²) in [6.07, 6.45) is -11.2. The summed E-state index contributed by atoms with van der Waals surface area (Å²) in [4.78, 5) is 0. The van der Waals surface area contributed by atoms with Gasteiger partial charge in [-0.1, -0.05) is 0 Å². The van der Waals surface area contributed by atoms with Crippen molar-refractivity contribution in [2.45, 2.75) is 19.0 Å². The Morgan fingerprint density at radius 3 is 1.64 bits per heavy atom. The zero-order valence-electron chi connectivity index (χ0n) is 5.09. The smallest absolute Gasteiger partial charge is 0.292 e. The number of hydrogen-bond donors (Lipinski definition) is 0. The van der Waals surface area contributed by atoms with Crippen LogP contribution in [0.5, 0.6) is 0 Å². The van der Waals surface area contributed by atoms with Crippen LogP contribution in [-0.4, -0.2) is 19.1 Å². The summed E-state index contributed by atoms with van der Waals surface area (Å²) in [5.74, 6) is 0. The molecule has 0 heterocycles. The number of hydrogen-bond acceptors (Lipinski definition) is 1. The van der Waals surface area contributed by atoms with Gasteiger partial charge in [0.2, 0.25) is 0 Å². The Hall–Kier alpha value is -0.460. The summed E-state index contributed by atoms with van der Waals surface area (Å²) in [7, 11) is 0. The molecule has 0 amide bonds. The molecule has 0 unspecified atom stereocenters. The van der Waals surface area contributed by atoms with Crippen molar-refractivity contribution in [2.75, 3.05) is 6.61 Å². The van der Waals surface area contributed by atoms with Gasteiger partial charge in [0, 0.05) is 0 Å². The summed E-state index contributed by atoms with van der Waals surface area (Å²) in [6.45, 7) is -1.38. The van der Waals surface area contributed by atoms with Gasteiger partial charge in [0.15, 0.2) is 0 Å². The lowest BCUT2D eigenvalue weighted by Gasteiger charge is -2.08. The minimum Gasteiger partial charge on any atom is -0.292 e. The van der Waals surface area contributed by atoms with Crippen LogP contribution in [0, 0.1) is 0 Å². The summed E-state index contributed by atoms with van der Waals surface area (Å²) in [6, 6.07) is 0. The van der Waals surface area contributed by atoms with Gasteiger partial charge in [0.05, 0.1) is 13.0 Å². The van der Waals surface area contributed by atoms with E-state index >= 15 is 0 Å². The van der Waals surface area contributed by atoms with Gasteiger partial charge in [-0.05, 0) is 0 Å². The van der Waals surface area contributed by atoms with Crippen molar-refractivity contribution in [1.29, 1.82) is 0 Å². The molecular formula is C4H4F6O. The molecule has 0 saturated heterocycles. The van der Waals surface area contributed by atoms with E-state index in [4.69, 9.17) is 0 Å². The molecule has 0 spiro atoms. The Kier molecular flexibility index (Phi) is 3.15. The van der Waals surface area contributed by atoms with Crippen LogP contribution in [0.3, 0.4) is 0 Å². The Balaban J connectivity index is 3.44. The molecule has 11 heavy (non-hydrogen) atoms. The van der Waals surface area contributed by atoms with Gasteiger partial charge in [0.25, 0.3) is 0 Å². The second kappa shape index (κ2) is 3.29. The van der Waals surface area contributed by atoms with Gasteiger partial charge >= 0.3 is 12.5 Å². The standard InChI is InChI=1S/C4H4F6O/c5-3(6,7)1-2-11-4(8,9)10/h1-2H2. The molecule has 7 heteroatoms. The first kappa shape index (κ1) is 10.5. The van der Waals surface area contributed by atoms with Crippen LogP contribution in [0.15, 0.2) is 0 Å². The number of ether oxygens (including phenoxy) is 1. The predicted molar refractivity (Wildman–Crippen MR) is 22.7 cm³/mol. The van der Waals surface area contributed by atoms with E-state index in [1.807, 2.05) is 0 Å². The fraction of sp³-hybridized carbons (Fsp3) is 1.00. The van der Waals surface area contributed by atoms with Crippen LogP contribution >= 0.6 is 0 Å². The average molecular weight is 182 g/mol. The Morgan fingerprint density at radius 1 is 0.909 bits per heavy atom. The second-order valence-electron chi connectivity index (χ2n) is 1.66. The van der Waals surface area contributed by atoms with Gasteiger partial charge in [0.1, 0.15) is 0 Å². The molecule has 0 aromatic rings. The zero-order valence-corrected chi connectivity index (χ0v) is 5.09. The van der Waals surface area contributed by atoms with Crippen molar-refractivity contribution in [3.05, 3.63) is 0 Å². The summed E-state index contributed by atoms with van der Waals surface area (Å²) >= 11 is 0. The van der Waals surface area contributed by atoms with Crippen molar-refractivity contribution >= 4 is 0 Å². The topological polar surface area (TPSA) is 9.23 Å². The van der Waals surface area contributed by atoms with Crippen molar-refractivity contribution in [3.63, 3.8) is 0 Å². The molecule has 0 radical (unpaired) electrons. The molecule has 0 bridgehead atoms. The van der Waals surface area contributed by atoms with Gasteiger partial charge < -0.3 is 0 Å². The SMILES string of the molecule is FC(F)(F)CCOC(F)(F)F. The molecule has 0 aliphatic rings. The van der Waals surface area contributed by atoms with Gasteiger partial charge in [-0.3, -0.25) is 4.74 Å². The van der Waals surface area contributed by atoms with E-state index in [0.29, 0.717) is 0 Å². The monoisotopic (exact) mass is 182 g/mol. The quantitative estimate of drug-likeness (QED) is 0.596. The Labute approximate surface area is 57.9 Å². The van der Waals surface area contributed by atoms with E-state index in [2.05, 4.69) is 4.74 Å². The fourth-order valence-corrected chi connectivity index (χ4v) is 0.282. The highest BCUT2D eigenvalue weighted by Gasteiger charge is 2.33. The average Bonchev–Trinajstić information content (AvgIpc) is 1.55. The third kappa shape index (κ3) is 9.54. The van der Waals surface area contributed by atoms with E-state index in [9.17, 15) is 26.3 Å². The van der Waals surface area contributed by atoms with Gasteiger partial charge in [-0.15, -0.1) is 13.2 Å². The molecule has 0 atom stereocenters. The molecule has 68 valence electrons. The maximum Gasteiger partial charge on any atom is 0.522 e. The highest BCUT2D eigenvalue weighted by molar-refractivity contribution is 4.48. The minimum absolute atomic E-state index is 1.38. The Bertz CT molecular complexity index is 98.7. The van der Waals surface area contributed by atoms with E-state index in [1.165, 1.54) is 0 Å². The molecule has 0 fully saturated rings. The van der Waals surface area contributed by atoms with E-state index in [0.717, 1.165) is 0 Å². The highest BCUT2D eigenvalue weighted by Crippen LogP contribution is 2.22. The van der Waals surface area contributed by atoms with E-state index in [1.54, 1.807) is 0 Å². The number of alkyl halides is 6. The van der Waals surface area contributed by atoms with Crippen molar-refractivity contribution in [3.8, 4) is 0 Å². The van der Waals surface area contributed by atoms with Crippen LogP contribution in [0.1, 0.15) is 6.42 Å². The molecule has 0 N–H and O–H groups in total. The highest BCUT2D eigenvalue weighted by atomic mass is 19.4. The van der Waals surface area contributed by atoms with Crippen LogP contribution in [0.4, 0.5) is 26.3 Å². The maximum atomic E-state index is 11.2. The summed E-state index contributed by atoms with van der Waals surface area (Å²) < 4.78 is 69.6. The van der Waals surface area contributed by atoms with Crippen LogP contribution in [0.2, 0.25) is 0 Å². The van der Waals surface area contributed by atoms with Crippen LogP contribution in [-0.2, 0) is 4.74 Å². The first-order valence-corrected chi connectivity index (χ1v) is 2.48. The van der Waals surface area contributed by atoms with E-state index in [-0.39, 0.29) is 0 Å². The minimum atomic E-state index is -4.98. The molecule has 0 rings (SSSR count). The lowest BCUT2D eigenvalue weighted by molar-refractivity contribution is -0.329. The zero-order chi connectivity index (χ0) is 9.12. The molecule has 0 aromatic heterocycles. The van der Waals surface area contributed by atoms with Crippen molar-refractivity contribution in [1.82, 2.24) is 0 Å². The third-order valence-electron chi connectivity index (χ3n) is 0.651. The largest absolute Gasteiger partial charge is 0.522 e. The van der Waals surface area contributed by atoms with Crippen molar-refractivity contribution < 1.29 is 31.1 Å². The van der Waals surface area contributed by atoms with Crippen LogP contribution < -0.4 is 0 Å². The summed E-state index contributed by atoms with van der Waals surface area (Å²) in [5.41, 5.74) is 0. The molecule has 0 aliphatic heterocycles. The first-order chi connectivity index (χ1) is 4.71. The fourth-order valence-electron chi connectivity index (χ4n) is 0.282. The Morgan fingerprint density at radius 2 is 1.36 bits per heavy atom.